The molecular weight excluding hydrogens is 524 g/mol. The van der Waals surface area contributed by atoms with Gasteiger partial charge in [0, 0.05) is 46.9 Å². The van der Waals surface area contributed by atoms with Crippen molar-refractivity contribution in [3.8, 4) is 11.1 Å². The number of benzene rings is 3. The number of nitrogens with two attached hydrogens (primary N) is 1. The number of hydrogen-bond donors (Lipinski definition) is 2. The van der Waals surface area contributed by atoms with Crippen LogP contribution >= 0.6 is 11.6 Å². The number of likely N-dealkylation sites (N-methyl/N-ethyl adjacent to an activating group) is 1. The molecule has 1 aliphatic carbocycles. The van der Waals surface area contributed by atoms with Crippen molar-refractivity contribution in [1.29, 1.82) is 0 Å². The van der Waals surface area contributed by atoms with E-state index < -0.39 is 11.6 Å². The molecule has 0 spiro atoms. The van der Waals surface area contributed by atoms with Gasteiger partial charge < -0.3 is 16.0 Å². The molecule has 40 heavy (non-hydrogen) atoms. The van der Waals surface area contributed by atoms with E-state index in [-0.39, 0.29) is 27.6 Å². The molecule has 6 heteroatoms. The fourth-order valence-corrected chi connectivity index (χ4v) is 7.29. The van der Waals surface area contributed by atoms with Gasteiger partial charge in [-0.15, -0.1) is 0 Å². The molecule has 5 rings (SSSR count). The molecule has 0 aromatic heterocycles. The minimum Gasteiger partial charge on any atom is -0.399 e. The highest BCUT2D eigenvalue weighted by atomic mass is 35.5. The van der Waals surface area contributed by atoms with Crippen LogP contribution in [0.25, 0.3) is 16.8 Å². The Morgan fingerprint density at radius 2 is 1.93 bits per heavy atom. The molecule has 0 saturated carbocycles. The average molecular weight is 564 g/mol. The zero-order valence-electron chi connectivity index (χ0n) is 23.8. The Hall–Kier alpha value is -2.73. The van der Waals surface area contributed by atoms with Crippen molar-refractivity contribution in [2.24, 2.45) is 5.73 Å². The smallest absolute Gasteiger partial charge is 0.142 e. The maximum absolute atomic E-state index is 16.3. The number of halogens is 3. The molecule has 0 amide bonds. The van der Waals surface area contributed by atoms with Gasteiger partial charge in [0.1, 0.15) is 11.6 Å². The Labute approximate surface area is 242 Å². The monoisotopic (exact) mass is 563 g/mol. The fourth-order valence-electron chi connectivity index (χ4n) is 7.04. The molecule has 1 saturated heterocycles. The Kier molecular flexibility index (Phi) is 8.37. The minimum atomic E-state index is -0.540. The van der Waals surface area contributed by atoms with Gasteiger partial charge in [0.25, 0.3) is 0 Å². The SMILES string of the molecule is C=C(N)c1ccc(CCC)c(F)c1-c1c(Cl)c(F)cc2c1[C@H](C)[C@@](CNC1CCCN(C)C1)(c1ccccc1)C2. The van der Waals surface area contributed by atoms with Gasteiger partial charge in [0.05, 0.1) is 5.02 Å². The Bertz CT molecular complexity index is 1410. The van der Waals surface area contributed by atoms with Crippen LogP contribution in [0.5, 0.6) is 0 Å². The zero-order valence-corrected chi connectivity index (χ0v) is 24.6. The summed E-state index contributed by atoms with van der Waals surface area (Å²) in [7, 11) is 2.16. The summed E-state index contributed by atoms with van der Waals surface area (Å²) in [5.41, 5.74) is 10.7. The Morgan fingerprint density at radius 3 is 2.60 bits per heavy atom. The summed E-state index contributed by atoms with van der Waals surface area (Å²) in [5.74, 6) is -1.00. The minimum absolute atomic E-state index is 0.0635. The second kappa shape index (κ2) is 11.6. The van der Waals surface area contributed by atoms with Gasteiger partial charge in [-0.05, 0) is 73.5 Å². The molecule has 0 bridgehead atoms. The molecule has 3 nitrogen and oxygen atoms in total. The van der Waals surface area contributed by atoms with Crippen LogP contribution in [-0.2, 0) is 18.3 Å². The number of nitrogens with one attached hydrogen (secondary N) is 1. The normalized spacial score (nSPS) is 22.9. The topological polar surface area (TPSA) is 41.3 Å². The van der Waals surface area contributed by atoms with E-state index in [4.69, 9.17) is 17.3 Å². The van der Waals surface area contributed by atoms with Gasteiger partial charge in [-0.1, -0.05) is 80.9 Å². The van der Waals surface area contributed by atoms with Crippen molar-refractivity contribution in [1.82, 2.24) is 10.2 Å². The number of piperidine rings is 1. The van der Waals surface area contributed by atoms with Gasteiger partial charge in [0.2, 0.25) is 0 Å². The predicted molar refractivity (Wildman–Crippen MR) is 163 cm³/mol. The largest absolute Gasteiger partial charge is 0.399 e. The van der Waals surface area contributed by atoms with Gasteiger partial charge in [0.15, 0.2) is 0 Å². The van der Waals surface area contributed by atoms with E-state index in [2.05, 4.69) is 55.0 Å². The van der Waals surface area contributed by atoms with Gasteiger partial charge in [-0.2, -0.15) is 0 Å². The lowest BCUT2D eigenvalue weighted by Crippen LogP contribution is -2.50. The molecule has 3 aromatic rings. The first-order chi connectivity index (χ1) is 19.2. The summed E-state index contributed by atoms with van der Waals surface area (Å²) in [6.45, 7) is 10.9. The molecule has 1 unspecified atom stereocenters. The number of aryl methyl sites for hydroxylation is 1. The van der Waals surface area contributed by atoms with Crippen LogP contribution in [-0.4, -0.2) is 37.6 Å². The lowest BCUT2D eigenvalue weighted by Gasteiger charge is -2.39. The molecule has 3 atom stereocenters. The number of nitrogens with zero attached hydrogens (tertiary/aromatic N) is 1. The zero-order chi connectivity index (χ0) is 28.6. The van der Waals surface area contributed by atoms with Crippen LogP contribution in [0.4, 0.5) is 8.78 Å². The highest BCUT2D eigenvalue weighted by Gasteiger charge is 2.47. The molecule has 212 valence electrons. The lowest BCUT2D eigenvalue weighted by atomic mass is 9.70. The van der Waals surface area contributed by atoms with Crippen molar-refractivity contribution in [3.05, 3.63) is 99.6 Å². The average Bonchev–Trinajstić information content (AvgIpc) is 3.22. The van der Waals surface area contributed by atoms with Crippen LogP contribution in [0.1, 0.15) is 66.8 Å². The third-order valence-corrected chi connectivity index (χ3v) is 9.50. The second-order valence-corrected chi connectivity index (χ2v) is 12.1. The number of likely N-dealkylation sites (tertiary alicyclic amines) is 1. The summed E-state index contributed by atoms with van der Waals surface area (Å²) >= 11 is 6.78. The first-order valence-electron chi connectivity index (χ1n) is 14.4. The van der Waals surface area contributed by atoms with E-state index in [0.717, 1.165) is 50.0 Å². The standard InChI is InChI=1S/C34H40ClF2N3/c1-5-10-23-14-15-27(22(3)38)30(33(23)37)31-29-21(2)34(25-11-7-6-8-12-25,18-24(29)17-28(36)32(31)35)20-39-26-13-9-16-40(4)19-26/h6-8,11-12,14-15,17,21,26,39H,3,5,9-10,13,16,18-20,38H2,1-2,4H3/t21-,26?,34+/m0/s1. The van der Waals surface area contributed by atoms with Crippen LogP contribution < -0.4 is 11.1 Å². The molecular formula is C34H40ClF2N3. The van der Waals surface area contributed by atoms with E-state index in [1.807, 2.05) is 13.0 Å². The van der Waals surface area contributed by atoms with E-state index in [9.17, 15) is 0 Å². The van der Waals surface area contributed by atoms with E-state index in [1.165, 1.54) is 5.56 Å². The third-order valence-electron chi connectivity index (χ3n) is 9.13. The highest BCUT2D eigenvalue weighted by molar-refractivity contribution is 6.34. The third kappa shape index (κ3) is 5.08. The van der Waals surface area contributed by atoms with E-state index >= 15 is 8.78 Å². The van der Waals surface area contributed by atoms with Gasteiger partial charge in [-0.3, -0.25) is 0 Å². The summed E-state index contributed by atoms with van der Waals surface area (Å²) in [6.07, 6.45) is 4.25. The van der Waals surface area contributed by atoms with Crippen LogP contribution in [0, 0.1) is 11.6 Å². The number of hydrogen-bond acceptors (Lipinski definition) is 3. The van der Waals surface area contributed by atoms with E-state index in [0.29, 0.717) is 35.6 Å². The number of fused-ring (bicyclic) bond motifs is 1. The Morgan fingerprint density at radius 1 is 1.18 bits per heavy atom. The second-order valence-electron chi connectivity index (χ2n) is 11.8. The summed E-state index contributed by atoms with van der Waals surface area (Å²) < 4.78 is 31.9. The fraction of sp³-hybridized carbons (Fsp3) is 0.412. The molecule has 3 aromatic carbocycles. The molecule has 1 fully saturated rings. The maximum atomic E-state index is 16.3. The number of rotatable bonds is 8. The summed E-state index contributed by atoms with van der Waals surface area (Å²) in [4.78, 5) is 2.36. The van der Waals surface area contributed by atoms with E-state index in [1.54, 1.807) is 18.2 Å². The highest BCUT2D eigenvalue weighted by Crippen LogP contribution is 2.55. The maximum Gasteiger partial charge on any atom is 0.142 e. The van der Waals surface area contributed by atoms with Gasteiger partial charge in [-0.25, -0.2) is 8.78 Å². The molecule has 1 aliphatic heterocycles. The van der Waals surface area contributed by atoms with Crippen molar-refractivity contribution < 1.29 is 8.78 Å². The molecule has 2 aliphatic rings. The van der Waals surface area contributed by atoms with Crippen molar-refractivity contribution in [2.75, 3.05) is 26.7 Å². The quantitative estimate of drug-likeness (QED) is 0.299. The van der Waals surface area contributed by atoms with Crippen LogP contribution in [0.2, 0.25) is 5.02 Å². The van der Waals surface area contributed by atoms with Crippen LogP contribution in [0.3, 0.4) is 0 Å². The molecule has 1 heterocycles. The molecule has 3 N–H and O–H groups in total. The van der Waals surface area contributed by atoms with Crippen molar-refractivity contribution >= 4 is 17.3 Å². The Balaban J connectivity index is 1.69. The predicted octanol–water partition coefficient (Wildman–Crippen LogP) is 7.45. The summed E-state index contributed by atoms with van der Waals surface area (Å²) in [5, 5.41) is 3.81. The molecule has 0 radical (unpaired) electrons. The van der Waals surface area contributed by atoms with Crippen molar-refractivity contribution in [2.45, 2.75) is 63.3 Å². The first-order valence-corrected chi connectivity index (χ1v) is 14.8. The summed E-state index contributed by atoms with van der Waals surface area (Å²) in [6, 6.07) is 15.9. The lowest BCUT2D eigenvalue weighted by molar-refractivity contribution is 0.214. The van der Waals surface area contributed by atoms with Crippen LogP contribution in [0.15, 0.2) is 55.1 Å². The first kappa shape index (κ1) is 28.8. The van der Waals surface area contributed by atoms with Crippen molar-refractivity contribution in [3.63, 3.8) is 0 Å². The van der Waals surface area contributed by atoms with Gasteiger partial charge >= 0.3 is 0 Å².